The molecule has 0 saturated carbocycles. The van der Waals surface area contributed by atoms with Crippen molar-refractivity contribution in [1.29, 1.82) is 0 Å². The number of hydrogen-bond acceptors (Lipinski definition) is 3. The van der Waals surface area contributed by atoms with Crippen LogP contribution in [0, 0.1) is 0 Å². The Labute approximate surface area is 106 Å². The molecule has 0 aromatic carbocycles. The Bertz CT molecular complexity index is 237. The molecule has 3 nitrogen and oxygen atoms in total. The average Bonchev–Trinajstić information content (AvgIpc) is 2.60. The van der Waals surface area contributed by atoms with E-state index in [2.05, 4.69) is 26.2 Å². The van der Waals surface area contributed by atoms with Gasteiger partial charge in [0.05, 0.1) is 18.3 Å². The third kappa shape index (κ3) is 6.36. The normalized spacial score (nSPS) is 27.1. The monoisotopic (exact) mass is 258 g/mol. The maximum atomic E-state index is 9.60. The summed E-state index contributed by atoms with van der Waals surface area (Å²) in [6.07, 6.45) is 5.17. The molecule has 17 heavy (non-hydrogen) atoms. The first-order valence-corrected chi connectivity index (χ1v) is 10.2. The summed E-state index contributed by atoms with van der Waals surface area (Å²) in [5.41, 5.74) is 0. The molecule has 3 unspecified atom stereocenters. The van der Waals surface area contributed by atoms with Crippen molar-refractivity contribution in [2.75, 3.05) is 0 Å². The van der Waals surface area contributed by atoms with Crippen molar-refractivity contribution in [1.82, 2.24) is 0 Å². The van der Waals surface area contributed by atoms with Crippen LogP contribution in [0.15, 0.2) is 12.7 Å². The minimum Gasteiger partial charge on any atom is -0.393 e. The van der Waals surface area contributed by atoms with Crippen LogP contribution in [0.1, 0.15) is 25.7 Å². The number of aliphatic hydroxyl groups is 1. The van der Waals surface area contributed by atoms with E-state index in [1.165, 1.54) is 0 Å². The second-order valence-corrected chi connectivity index (χ2v) is 11.7. The standard InChI is InChI=1S/C13H26O3Si/c1-5-6-11(14)7-8-12-9-13(16-15-12)10-17(2,3)4/h5,11-14H,1,6-10H2,2-4H3. The maximum absolute atomic E-state index is 9.60. The van der Waals surface area contributed by atoms with Gasteiger partial charge in [-0.1, -0.05) is 25.7 Å². The molecule has 0 spiro atoms. The van der Waals surface area contributed by atoms with E-state index in [0.29, 0.717) is 6.42 Å². The van der Waals surface area contributed by atoms with Crippen molar-refractivity contribution in [2.45, 2.75) is 69.7 Å². The average molecular weight is 258 g/mol. The van der Waals surface area contributed by atoms with E-state index in [9.17, 15) is 5.11 Å². The lowest BCUT2D eigenvalue weighted by Gasteiger charge is -2.18. The molecule has 1 aliphatic heterocycles. The highest BCUT2D eigenvalue weighted by Gasteiger charge is 2.31. The summed E-state index contributed by atoms with van der Waals surface area (Å²) in [6.45, 7) is 10.7. The summed E-state index contributed by atoms with van der Waals surface area (Å²) in [7, 11) is -1.08. The topological polar surface area (TPSA) is 38.7 Å². The first-order valence-electron chi connectivity index (χ1n) is 6.52. The first-order chi connectivity index (χ1) is 7.90. The van der Waals surface area contributed by atoms with Gasteiger partial charge in [-0.25, -0.2) is 9.78 Å². The molecule has 0 radical (unpaired) electrons. The lowest BCUT2D eigenvalue weighted by atomic mass is 10.0. The van der Waals surface area contributed by atoms with Crippen LogP contribution < -0.4 is 0 Å². The zero-order chi connectivity index (χ0) is 12.9. The van der Waals surface area contributed by atoms with Gasteiger partial charge < -0.3 is 5.11 Å². The van der Waals surface area contributed by atoms with Crippen molar-refractivity contribution in [3.63, 3.8) is 0 Å². The summed E-state index contributed by atoms with van der Waals surface area (Å²) in [5, 5.41) is 9.60. The van der Waals surface area contributed by atoms with Crippen LogP contribution in [-0.2, 0) is 9.78 Å². The summed E-state index contributed by atoms with van der Waals surface area (Å²) >= 11 is 0. The lowest BCUT2D eigenvalue weighted by Crippen LogP contribution is -2.26. The van der Waals surface area contributed by atoms with Gasteiger partial charge in [-0.05, 0) is 25.3 Å². The second kappa shape index (κ2) is 6.68. The molecule has 1 rings (SSSR count). The largest absolute Gasteiger partial charge is 0.393 e. The maximum Gasteiger partial charge on any atom is 0.0956 e. The SMILES string of the molecule is C=CCC(O)CCC1CC(C[Si](C)(C)C)OO1. The van der Waals surface area contributed by atoms with Crippen molar-refractivity contribution >= 4 is 8.07 Å². The van der Waals surface area contributed by atoms with Crippen LogP contribution in [0.5, 0.6) is 0 Å². The summed E-state index contributed by atoms with van der Waals surface area (Å²) in [4.78, 5) is 10.7. The van der Waals surface area contributed by atoms with E-state index in [4.69, 9.17) is 9.78 Å². The molecule has 0 aromatic rings. The smallest absolute Gasteiger partial charge is 0.0956 e. The fourth-order valence-corrected chi connectivity index (χ4v) is 3.78. The summed E-state index contributed by atoms with van der Waals surface area (Å²) < 4.78 is 0. The molecule has 1 saturated heterocycles. The minimum absolute atomic E-state index is 0.163. The predicted octanol–water partition coefficient (Wildman–Crippen LogP) is 3.13. The molecular formula is C13H26O3Si. The summed E-state index contributed by atoms with van der Waals surface area (Å²) in [5.74, 6) is 0. The molecular weight excluding hydrogens is 232 g/mol. The quantitative estimate of drug-likeness (QED) is 0.433. The molecule has 3 atom stereocenters. The highest BCUT2D eigenvalue weighted by molar-refractivity contribution is 6.76. The van der Waals surface area contributed by atoms with E-state index in [-0.39, 0.29) is 18.3 Å². The molecule has 1 fully saturated rings. The van der Waals surface area contributed by atoms with E-state index in [0.717, 1.165) is 25.3 Å². The van der Waals surface area contributed by atoms with Gasteiger partial charge in [0.15, 0.2) is 0 Å². The molecule has 0 aromatic heterocycles. The van der Waals surface area contributed by atoms with E-state index in [1.807, 2.05) is 0 Å². The van der Waals surface area contributed by atoms with Gasteiger partial charge in [0.25, 0.3) is 0 Å². The minimum atomic E-state index is -1.08. The van der Waals surface area contributed by atoms with Crippen molar-refractivity contribution < 1.29 is 14.9 Å². The van der Waals surface area contributed by atoms with Crippen molar-refractivity contribution in [3.8, 4) is 0 Å². The van der Waals surface area contributed by atoms with Crippen molar-refractivity contribution in [3.05, 3.63) is 12.7 Å². The molecule has 100 valence electrons. The van der Waals surface area contributed by atoms with E-state index >= 15 is 0 Å². The zero-order valence-electron chi connectivity index (χ0n) is 11.3. The van der Waals surface area contributed by atoms with E-state index < -0.39 is 8.07 Å². The molecule has 1 aliphatic rings. The Balaban J connectivity index is 2.19. The third-order valence-electron chi connectivity index (χ3n) is 2.95. The highest BCUT2D eigenvalue weighted by Crippen LogP contribution is 2.27. The second-order valence-electron chi connectivity index (χ2n) is 6.19. The van der Waals surface area contributed by atoms with Gasteiger partial charge in [0.1, 0.15) is 0 Å². The summed E-state index contributed by atoms with van der Waals surface area (Å²) in [6, 6.07) is 1.15. The predicted molar refractivity (Wildman–Crippen MR) is 72.6 cm³/mol. The molecule has 4 heteroatoms. The fourth-order valence-electron chi connectivity index (χ4n) is 2.18. The third-order valence-corrected chi connectivity index (χ3v) is 4.63. The fraction of sp³-hybridized carbons (Fsp3) is 0.846. The Hall–Kier alpha value is -0.163. The van der Waals surface area contributed by atoms with Crippen LogP contribution in [0.4, 0.5) is 0 Å². The molecule has 1 N–H and O–H groups in total. The van der Waals surface area contributed by atoms with Crippen LogP contribution in [-0.4, -0.2) is 31.5 Å². The number of aliphatic hydroxyl groups excluding tert-OH is 1. The van der Waals surface area contributed by atoms with Gasteiger partial charge >= 0.3 is 0 Å². The lowest BCUT2D eigenvalue weighted by molar-refractivity contribution is -0.294. The highest BCUT2D eigenvalue weighted by atomic mass is 28.3. The molecule has 0 aliphatic carbocycles. The van der Waals surface area contributed by atoms with Crippen LogP contribution in [0.25, 0.3) is 0 Å². The van der Waals surface area contributed by atoms with Crippen LogP contribution in [0.2, 0.25) is 25.7 Å². The van der Waals surface area contributed by atoms with Gasteiger partial charge in [-0.3, -0.25) is 0 Å². The Morgan fingerprint density at radius 1 is 1.35 bits per heavy atom. The van der Waals surface area contributed by atoms with Gasteiger partial charge in [0, 0.05) is 14.5 Å². The van der Waals surface area contributed by atoms with Gasteiger partial charge in [0.2, 0.25) is 0 Å². The van der Waals surface area contributed by atoms with Gasteiger partial charge in [-0.2, -0.15) is 0 Å². The van der Waals surface area contributed by atoms with E-state index in [1.54, 1.807) is 6.08 Å². The molecule has 1 heterocycles. The number of hydrogen-bond donors (Lipinski definition) is 1. The van der Waals surface area contributed by atoms with Crippen LogP contribution >= 0.6 is 0 Å². The Morgan fingerprint density at radius 2 is 2.00 bits per heavy atom. The molecule has 0 amide bonds. The Kier molecular flexibility index (Phi) is 5.86. The zero-order valence-corrected chi connectivity index (χ0v) is 12.3. The first kappa shape index (κ1) is 14.9. The van der Waals surface area contributed by atoms with Crippen molar-refractivity contribution in [2.24, 2.45) is 0 Å². The van der Waals surface area contributed by atoms with Crippen LogP contribution in [0.3, 0.4) is 0 Å². The number of rotatable bonds is 7. The van der Waals surface area contributed by atoms with Gasteiger partial charge in [-0.15, -0.1) is 6.58 Å². The Morgan fingerprint density at radius 3 is 2.59 bits per heavy atom. The molecule has 0 bridgehead atoms.